The Morgan fingerprint density at radius 2 is 2.07 bits per heavy atom. The Balaban J connectivity index is 2.01. The highest BCUT2D eigenvalue weighted by Gasteiger charge is 2.24. The van der Waals surface area contributed by atoms with Crippen molar-refractivity contribution in [3.8, 4) is 0 Å². The molecule has 3 amide bonds. The molecule has 0 aliphatic heterocycles. The van der Waals surface area contributed by atoms with Crippen LogP contribution in [0.25, 0.3) is 10.2 Å². The summed E-state index contributed by atoms with van der Waals surface area (Å²) in [5, 5.41) is 2.79. The van der Waals surface area contributed by atoms with Gasteiger partial charge in [0.1, 0.15) is 4.83 Å². The van der Waals surface area contributed by atoms with Crippen molar-refractivity contribution in [1.29, 1.82) is 0 Å². The SMILES string of the molecule is CCCCCn1c(S[C@@H](C)C(=O)NC(N)=O)nc2sc3c(c2c1=O)CCCC3. The first-order valence-electron chi connectivity index (χ1n) is 9.74. The summed E-state index contributed by atoms with van der Waals surface area (Å²) in [6, 6.07) is -0.882. The number of nitrogens with one attached hydrogen (secondary N) is 1. The number of urea groups is 1. The van der Waals surface area contributed by atoms with Gasteiger partial charge in [-0.05, 0) is 44.6 Å². The molecule has 1 atom stereocenters. The van der Waals surface area contributed by atoms with E-state index in [1.165, 1.54) is 22.2 Å². The van der Waals surface area contributed by atoms with Gasteiger partial charge in [0.15, 0.2) is 5.16 Å². The van der Waals surface area contributed by atoms with Gasteiger partial charge in [-0.25, -0.2) is 9.78 Å². The van der Waals surface area contributed by atoms with E-state index in [0.29, 0.717) is 11.7 Å². The van der Waals surface area contributed by atoms with Crippen LogP contribution in [-0.2, 0) is 24.2 Å². The van der Waals surface area contributed by atoms with E-state index in [0.717, 1.165) is 55.2 Å². The van der Waals surface area contributed by atoms with Gasteiger partial charge in [0.25, 0.3) is 5.56 Å². The molecule has 0 saturated heterocycles. The number of hydrogen-bond acceptors (Lipinski definition) is 6. The number of rotatable bonds is 7. The van der Waals surface area contributed by atoms with Crippen molar-refractivity contribution in [1.82, 2.24) is 14.9 Å². The number of aromatic nitrogens is 2. The maximum atomic E-state index is 13.3. The lowest BCUT2D eigenvalue weighted by Crippen LogP contribution is -2.39. The maximum Gasteiger partial charge on any atom is 0.318 e. The number of carbonyl (C=O) groups excluding carboxylic acids is 2. The average Bonchev–Trinajstić information content (AvgIpc) is 3.02. The fourth-order valence-corrected chi connectivity index (χ4v) is 5.70. The van der Waals surface area contributed by atoms with E-state index in [1.54, 1.807) is 22.8 Å². The second kappa shape index (κ2) is 9.09. The summed E-state index contributed by atoms with van der Waals surface area (Å²) in [5.41, 5.74) is 6.20. The molecule has 3 rings (SSSR count). The van der Waals surface area contributed by atoms with Crippen molar-refractivity contribution in [3.05, 3.63) is 20.8 Å². The number of thiophene rings is 1. The van der Waals surface area contributed by atoms with Crippen LogP contribution in [0.1, 0.15) is 56.4 Å². The van der Waals surface area contributed by atoms with Crippen LogP contribution in [0, 0.1) is 0 Å². The Kier molecular flexibility index (Phi) is 6.77. The molecule has 0 spiro atoms. The summed E-state index contributed by atoms with van der Waals surface area (Å²) in [7, 11) is 0. The largest absolute Gasteiger partial charge is 0.351 e. The van der Waals surface area contributed by atoms with Crippen LogP contribution in [0.15, 0.2) is 9.95 Å². The number of thioether (sulfide) groups is 1. The molecule has 1 aliphatic rings. The molecule has 2 aromatic rings. The molecule has 2 aromatic heterocycles. The number of primary amides is 1. The Morgan fingerprint density at radius 1 is 1.32 bits per heavy atom. The van der Waals surface area contributed by atoms with Crippen molar-refractivity contribution < 1.29 is 9.59 Å². The molecular weight excluding hydrogens is 396 g/mol. The van der Waals surface area contributed by atoms with E-state index < -0.39 is 17.2 Å². The average molecular weight is 423 g/mol. The summed E-state index contributed by atoms with van der Waals surface area (Å²) in [5.74, 6) is -0.488. The Hall–Kier alpha value is -1.87. The topological polar surface area (TPSA) is 107 Å². The maximum absolute atomic E-state index is 13.3. The summed E-state index contributed by atoms with van der Waals surface area (Å²) < 4.78 is 1.71. The summed E-state index contributed by atoms with van der Waals surface area (Å²) in [6.45, 7) is 4.37. The van der Waals surface area contributed by atoms with Crippen molar-refractivity contribution in [3.63, 3.8) is 0 Å². The molecular formula is C19H26N4O3S2. The molecule has 0 aromatic carbocycles. The number of nitrogens with zero attached hydrogens (tertiary/aromatic N) is 2. The monoisotopic (exact) mass is 422 g/mol. The van der Waals surface area contributed by atoms with Crippen LogP contribution in [0.4, 0.5) is 4.79 Å². The molecule has 28 heavy (non-hydrogen) atoms. The van der Waals surface area contributed by atoms with E-state index >= 15 is 0 Å². The van der Waals surface area contributed by atoms with Gasteiger partial charge in [0, 0.05) is 11.4 Å². The zero-order chi connectivity index (χ0) is 20.3. The minimum absolute atomic E-state index is 0.00878. The van der Waals surface area contributed by atoms with Gasteiger partial charge in [-0.3, -0.25) is 19.5 Å². The molecule has 152 valence electrons. The second-order valence-electron chi connectivity index (χ2n) is 7.06. The molecule has 0 saturated carbocycles. The third-order valence-corrected chi connectivity index (χ3v) is 7.20. The highest BCUT2D eigenvalue weighted by atomic mass is 32.2. The zero-order valence-corrected chi connectivity index (χ0v) is 17.9. The number of hydrogen-bond donors (Lipinski definition) is 2. The van der Waals surface area contributed by atoms with E-state index in [-0.39, 0.29) is 5.56 Å². The van der Waals surface area contributed by atoms with Crippen LogP contribution >= 0.6 is 23.1 Å². The second-order valence-corrected chi connectivity index (χ2v) is 9.45. The van der Waals surface area contributed by atoms with Crippen molar-refractivity contribution in [2.75, 3.05) is 0 Å². The van der Waals surface area contributed by atoms with E-state index in [2.05, 4.69) is 12.2 Å². The van der Waals surface area contributed by atoms with Gasteiger partial charge in [-0.1, -0.05) is 31.5 Å². The Labute approximate surface area is 172 Å². The molecule has 1 aliphatic carbocycles. The van der Waals surface area contributed by atoms with Crippen LogP contribution in [0.5, 0.6) is 0 Å². The number of aryl methyl sites for hydroxylation is 2. The highest BCUT2D eigenvalue weighted by Crippen LogP contribution is 2.35. The molecule has 0 fully saturated rings. The fourth-order valence-electron chi connectivity index (χ4n) is 3.46. The molecule has 2 heterocycles. The van der Waals surface area contributed by atoms with Crippen molar-refractivity contribution in [2.45, 2.75) is 75.7 Å². The zero-order valence-electron chi connectivity index (χ0n) is 16.2. The summed E-state index contributed by atoms with van der Waals surface area (Å²) in [6.07, 6.45) is 7.15. The van der Waals surface area contributed by atoms with Gasteiger partial charge in [-0.15, -0.1) is 11.3 Å². The molecule has 7 nitrogen and oxygen atoms in total. The van der Waals surface area contributed by atoms with Crippen molar-refractivity contribution in [2.24, 2.45) is 5.73 Å². The highest BCUT2D eigenvalue weighted by molar-refractivity contribution is 8.00. The van der Waals surface area contributed by atoms with Crippen molar-refractivity contribution >= 4 is 45.3 Å². The van der Waals surface area contributed by atoms with E-state index in [1.807, 2.05) is 0 Å². The predicted molar refractivity (Wildman–Crippen MR) is 113 cm³/mol. The van der Waals surface area contributed by atoms with Gasteiger partial charge in [0.2, 0.25) is 5.91 Å². The smallest absolute Gasteiger partial charge is 0.318 e. The van der Waals surface area contributed by atoms with Gasteiger partial charge in [0.05, 0.1) is 10.6 Å². The standard InChI is InChI=1S/C19H26N4O3S2/c1-3-4-7-10-23-17(25)14-12-8-5-6-9-13(12)28-16(14)22-19(23)27-11(2)15(24)21-18(20)26/h11H,3-10H2,1-2H3,(H3,20,21,24,26)/t11-/m0/s1. The number of unbranched alkanes of at least 4 members (excludes halogenated alkanes) is 2. The van der Waals surface area contributed by atoms with Crippen LogP contribution in [0.3, 0.4) is 0 Å². The molecule has 0 bridgehead atoms. The summed E-state index contributed by atoms with van der Waals surface area (Å²) in [4.78, 5) is 43.2. The minimum Gasteiger partial charge on any atom is -0.351 e. The molecule has 0 unspecified atom stereocenters. The summed E-state index contributed by atoms with van der Waals surface area (Å²) >= 11 is 2.79. The van der Waals surface area contributed by atoms with E-state index in [4.69, 9.17) is 10.7 Å². The normalized spacial score (nSPS) is 14.6. The van der Waals surface area contributed by atoms with Crippen LogP contribution in [-0.4, -0.2) is 26.7 Å². The number of carbonyl (C=O) groups is 2. The van der Waals surface area contributed by atoms with Crippen LogP contribution < -0.4 is 16.6 Å². The number of imide groups is 1. The Bertz CT molecular complexity index is 951. The van der Waals surface area contributed by atoms with Gasteiger partial charge >= 0.3 is 6.03 Å². The lowest BCUT2D eigenvalue weighted by atomic mass is 9.97. The number of fused-ring (bicyclic) bond motifs is 3. The van der Waals surface area contributed by atoms with Gasteiger partial charge in [-0.2, -0.15) is 0 Å². The third kappa shape index (κ3) is 4.41. The number of amides is 3. The molecule has 0 radical (unpaired) electrons. The lowest BCUT2D eigenvalue weighted by molar-refractivity contribution is -0.119. The van der Waals surface area contributed by atoms with E-state index in [9.17, 15) is 14.4 Å². The number of nitrogens with two attached hydrogens (primary N) is 1. The quantitative estimate of drug-likeness (QED) is 0.405. The fraction of sp³-hybridized carbons (Fsp3) is 0.579. The van der Waals surface area contributed by atoms with Gasteiger partial charge < -0.3 is 5.73 Å². The minimum atomic E-state index is -0.882. The lowest BCUT2D eigenvalue weighted by Gasteiger charge is -2.15. The molecule has 3 N–H and O–H groups in total. The van der Waals surface area contributed by atoms with Crippen LogP contribution in [0.2, 0.25) is 0 Å². The first kappa shape index (κ1) is 20.9. The molecule has 9 heteroatoms. The Morgan fingerprint density at radius 3 is 2.79 bits per heavy atom. The third-order valence-electron chi connectivity index (χ3n) is 4.92. The predicted octanol–water partition coefficient (Wildman–Crippen LogP) is 3.20. The first-order valence-corrected chi connectivity index (χ1v) is 11.4. The first-order chi connectivity index (χ1) is 13.4.